The molecule has 0 heterocycles. The van der Waals surface area contributed by atoms with Gasteiger partial charge in [-0.15, -0.1) is 0 Å². The Morgan fingerprint density at radius 1 is 0.909 bits per heavy atom. The van der Waals surface area contributed by atoms with Gasteiger partial charge in [0, 0.05) is 6.07 Å². The quantitative estimate of drug-likeness (QED) is 0.879. The number of anilines is 1. The summed E-state index contributed by atoms with van der Waals surface area (Å²) in [7, 11) is -0.822. The minimum Gasteiger partial charge on any atom is -0.493 e. The van der Waals surface area contributed by atoms with Crippen molar-refractivity contribution in [3.8, 4) is 11.5 Å². The maximum Gasteiger partial charge on any atom is 0.261 e. The molecular weight excluding hydrogens is 349 g/mol. The molecule has 0 amide bonds. The van der Waals surface area contributed by atoms with Gasteiger partial charge in [-0.05, 0) is 30.3 Å². The van der Waals surface area contributed by atoms with Gasteiger partial charge >= 0.3 is 0 Å². The van der Waals surface area contributed by atoms with E-state index in [1.54, 1.807) is 12.1 Å². The Hall–Kier alpha value is -1.63. The first-order chi connectivity index (χ1) is 10.4. The number of nitrogens with one attached hydrogen (secondary N) is 1. The van der Waals surface area contributed by atoms with E-state index in [0.717, 1.165) is 0 Å². The zero-order chi connectivity index (χ0) is 16.3. The van der Waals surface area contributed by atoms with Crippen molar-refractivity contribution in [1.82, 2.24) is 0 Å². The lowest BCUT2D eigenvalue weighted by molar-refractivity contribution is 0.355. The highest BCUT2D eigenvalue weighted by Gasteiger charge is 2.16. The van der Waals surface area contributed by atoms with Crippen LogP contribution in [0.25, 0.3) is 0 Å². The maximum atomic E-state index is 12.3. The molecule has 0 aliphatic heterocycles. The normalized spacial score (nSPS) is 11.1. The van der Waals surface area contributed by atoms with Crippen LogP contribution >= 0.6 is 23.2 Å². The number of sulfonamides is 1. The van der Waals surface area contributed by atoms with E-state index in [1.165, 1.54) is 38.5 Å². The van der Waals surface area contributed by atoms with Crippen molar-refractivity contribution >= 4 is 38.9 Å². The zero-order valence-electron chi connectivity index (χ0n) is 11.8. The summed E-state index contributed by atoms with van der Waals surface area (Å²) in [4.78, 5) is 0.0108. The molecule has 0 fully saturated rings. The predicted molar refractivity (Wildman–Crippen MR) is 86.8 cm³/mol. The second-order valence-corrected chi connectivity index (χ2v) is 6.75. The molecule has 1 N–H and O–H groups in total. The number of rotatable bonds is 5. The minimum absolute atomic E-state index is 0.0108. The van der Waals surface area contributed by atoms with Crippen LogP contribution in [-0.4, -0.2) is 22.6 Å². The number of methoxy groups -OCH3 is 2. The largest absolute Gasteiger partial charge is 0.493 e. The van der Waals surface area contributed by atoms with Crippen molar-refractivity contribution in [1.29, 1.82) is 0 Å². The van der Waals surface area contributed by atoms with Gasteiger partial charge in [0.15, 0.2) is 11.5 Å². The third kappa shape index (κ3) is 3.58. The van der Waals surface area contributed by atoms with Crippen LogP contribution in [0.15, 0.2) is 41.3 Å². The molecule has 0 aliphatic rings. The number of ether oxygens (including phenoxy) is 2. The van der Waals surface area contributed by atoms with Crippen LogP contribution in [-0.2, 0) is 10.0 Å². The summed E-state index contributed by atoms with van der Waals surface area (Å²) in [5.74, 6) is 0.914. The molecule has 5 nitrogen and oxygen atoms in total. The van der Waals surface area contributed by atoms with Crippen LogP contribution in [0.5, 0.6) is 11.5 Å². The zero-order valence-corrected chi connectivity index (χ0v) is 14.1. The van der Waals surface area contributed by atoms with Gasteiger partial charge in [-0.1, -0.05) is 23.2 Å². The van der Waals surface area contributed by atoms with E-state index in [4.69, 9.17) is 32.7 Å². The van der Waals surface area contributed by atoms with E-state index >= 15 is 0 Å². The van der Waals surface area contributed by atoms with Crippen molar-refractivity contribution in [3.63, 3.8) is 0 Å². The Bertz CT molecular complexity index is 793. The van der Waals surface area contributed by atoms with Gasteiger partial charge in [0.2, 0.25) is 0 Å². The lowest BCUT2D eigenvalue weighted by Gasteiger charge is -2.12. The number of halogens is 2. The van der Waals surface area contributed by atoms with E-state index in [1.807, 2.05) is 0 Å². The van der Waals surface area contributed by atoms with Crippen molar-refractivity contribution < 1.29 is 17.9 Å². The molecular formula is C14H13Cl2NO4S. The molecule has 0 radical (unpaired) electrons. The van der Waals surface area contributed by atoms with Gasteiger partial charge in [0.25, 0.3) is 10.0 Å². The first-order valence-corrected chi connectivity index (χ1v) is 8.31. The van der Waals surface area contributed by atoms with Gasteiger partial charge in [-0.2, -0.15) is 0 Å². The highest BCUT2D eigenvalue weighted by Crippen LogP contribution is 2.31. The molecule has 118 valence electrons. The number of hydrogen-bond acceptors (Lipinski definition) is 4. The van der Waals surface area contributed by atoms with Crippen LogP contribution in [0.4, 0.5) is 5.69 Å². The average Bonchev–Trinajstić information content (AvgIpc) is 2.49. The van der Waals surface area contributed by atoms with Crippen LogP contribution in [0.3, 0.4) is 0 Å². The Balaban J connectivity index is 2.34. The Kier molecular flexibility index (Phi) is 5.05. The molecule has 2 aromatic carbocycles. The van der Waals surface area contributed by atoms with Gasteiger partial charge in [-0.25, -0.2) is 8.42 Å². The summed E-state index contributed by atoms with van der Waals surface area (Å²) in [5.41, 5.74) is 0.337. The standard InChI is InChI=1S/C14H13Cl2NO4S/c1-20-13-6-3-9(7-14(13)21-2)17-22(18,19)10-4-5-11(15)12(16)8-10/h3-8,17H,1-2H3. The highest BCUT2D eigenvalue weighted by molar-refractivity contribution is 7.92. The van der Waals surface area contributed by atoms with E-state index < -0.39 is 10.0 Å². The SMILES string of the molecule is COc1ccc(NS(=O)(=O)c2ccc(Cl)c(Cl)c2)cc1OC. The summed E-state index contributed by atoms with van der Waals surface area (Å²) in [6, 6.07) is 8.77. The fourth-order valence-electron chi connectivity index (χ4n) is 1.76. The molecule has 8 heteroatoms. The number of hydrogen-bond donors (Lipinski definition) is 1. The minimum atomic E-state index is -3.79. The molecule has 0 unspecified atom stereocenters. The van der Waals surface area contributed by atoms with Crippen molar-refractivity contribution in [2.24, 2.45) is 0 Å². The number of benzene rings is 2. The van der Waals surface area contributed by atoms with Crippen molar-refractivity contribution in [2.45, 2.75) is 4.90 Å². The third-order valence-corrected chi connectivity index (χ3v) is 4.96. The molecule has 0 saturated heterocycles. The van der Waals surface area contributed by atoms with E-state index in [0.29, 0.717) is 17.2 Å². The van der Waals surface area contributed by atoms with Crippen molar-refractivity contribution in [2.75, 3.05) is 18.9 Å². The molecule has 0 spiro atoms. The monoisotopic (exact) mass is 361 g/mol. The van der Waals surface area contributed by atoms with Gasteiger partial charge in [0.1, 0.15) is 0 Å². The Morgan fingerprint density at radius 2 is 1.59 bits per heavy atom. The highest BCUT2D eigenvalue weighted by atomic mass is 35.5. The first kappa shape index (κ1) is 16.7. The molecule has 2 aromatic rings. The fourth-order valence-corrected chi connectivity index (χ4v) is 3.20. The third-order valence-electron chi connectivity index (χ3n) is 2.84. The summed E-state index contributed by atoms with van der Waals surface area (Å²) in [6.45, 7) is 0. The van der Waals surface area contributed by atoms with Gasteiger partial charge in [0.05, 0.1) is 34.8 Å². The lowest BCUT2D eigenvalue weighted by Crippen LogP contribution is -2.13. The van der Waals surface area contributed by atoms with Crippen LogP contribution < -0.4 is 14.2 Å². The summed E-state index contributed by atoms with van der Waals surface area (Å²) in [5, 5.41) is 0.448. The van der Waals surface area contributed by atoms with Gasteiger partial charge in [-0.3, -0.25) is 4.72 Å². The smallest absolute Gasteiger partial charge is 0.261 e. The van der Waals surface area contributed by atoms with E-state index in [-0.39, 0.29) is 14.9 Å². The van der Waals surface area contributed by atoms with E-state index in [9.17, 15) is 8.42 Å². The topological polar surface area (TPSA) is 64.6 Å². The fraction of sp³-hybridized carbons (Fsp3) is 0.143. The van der Waals surface area contributed by atoms with Crippen LogP contribution in [0, 0.1) is 0 Å². The molecule has 0 bridgehead atoms. The lowest BCUT2D eigenvalue weighted by atomic mass is 10.3. The second kappa shape index (κ2) is 6.64. The van der Waals surface area contributed by atoms with E-state index in [2.05, 4.69) is 4.72 Å². The maximum absolute atomic E-state index is 12.3. The molecule has 22 heavy (non-hydrogen) atoms. The molecule has 0 atom stereocenters. The van der Waals surface area contributed by atoms with Gasteiger partial charge < -0.3 is 9.47 Å². The Labute approximate surface area is 138 Å². The molecule has 2 rings (SSSR count). The van der Waals surface area contributed by atoms with Crippen molar-refractivity contribution in [3.05, 3.63) is 46.4 Å². The molecule has 0 saturated carbocycles. The first-order valence-electron chi connectivity index (χ1n) is 6.07. The predicted octanol–water partition coefficient (Wildman–Crippen LogP) is 3.81. The second-order valence-electron chi connectivity index (χ2n) is 4.25. The summed E-state index contributed by atoms with van der Waals surface area (Å²) in [6.07, 6.45) is 0. The molecule has 0 aliphatic carbocycles. The summed E-state index contributed by atoms with van der Waals surface area (Å²) < 4.78 is 37.3. The van der Waals surface area contributed by atoms with Crippen LogP contribution in [0.2, 0.25) is 10.0 Å². The average molecular weight is 362 g/mol. The van der Waals surface area contributed by atoms with Crippen LogP contribution in [0.1, 0.15) is 0 Å². The Morgan fingerprint density at radius 3 is 2.18 bits per heavy atom. The molecule has 0 aromatic heterocycles. The summed E-state index contributed by atoms with van der Waals surface area (Å²) >= 11 is 11.6.